The van der Waals surface area contributed by atoms with Crippen LogP contribution in [0.15, 0.2) is 46.3 Å². The Morgan fingerprint density at radius 2 is 2.12 bits per heavy atom. The van der Waals surface area contributed by atoms with Crippen LogP contribution in [0.25, 0.3) is 0 Å². The molecule has 1 heterocycles. The molecule has 1 N–H and O–H groups in total. The molecule has 0 spiro atoms. The highest BCUT2D eigenvalue weighted by Gasteiger charge is 2.04. The second kappa shape index (κ2) is 5.84. The van der Waals surface area contributed by atoms with Gasteiger partial charge in [-0.1, -0.05) is 18.2 Å². The van der Waals surface area contributed by atoms with Gasteiger partial charge in [0.05, 0.1) is 6.54 Å². The highest BCUT2D eigenvalue weighted by molar-refractivity contribution is 9.10. The van der Waals surface area contributed by atoms with E-state index in [1.54, 1.807) is 23.5 Å². The SMILES string of the molecule is O=C(NCc1cc(Br)cs1)Oc1ccccc1. The standard InChI is InChI=1S/C12H10BrNO2S/c13-9-6-11(17-8-9)7-14-12(15)16-10-4-2-1-3-5-10/h1-6,8H,7H2,(H,14,15). The number of carbonyl (C=O) groups excluding carboxylic acids is 1. The molecule has 0 fully saturated rings. The van der Waals surface area contributed by atoms with E-state index in [4.69, 9.17) is 4.74 Å². The molecule has 0 saturated heterocycles. The molecule has 88 valence electrons. The molecule has 3 nitrogen and oxygen atoms in total. The van der Waals surface area contributed by atoms with Crippen LogP contribution in [0.5, 0.6) is 5.75 Å². The average molecular weight is 312 g/mol. The predicted molar refractivity (Wildman–Crippen MR) is 71.3 cm³/mol. The minimum atomic E-state index is -0.444. The van der Waals surface area contributed by atoms with Gasteiger partial charge in [-0.2, -0.15) is 0 Å². The number of rotatable bonds is 3. The fraction of sp³-hybridized carbons (Fsp3) is 0.0833. The van der Waals surface area contributed by atoms with E-state index in [0.29, 0.717) is 12.3 Å². The van der Waals surface area contributed by atoms with Gasteiger partial charge >= 0.3 is 6.09 Å². The number of benzene rings is 1. The first kappa shape index (κ1) is 12.1. The Morgan fingerprint density at radius 3 is 2.76 bits per heavy atom. The maximum absolute atomic E-state index is 11.5. The Labute approximate surface area is 112 Å². The van der Waals surface area contributed by atoms with Crippen LogP contribution in [0.4, 0.5) is 4.79 Å². The number of para-hydroxylation sites is 1. The smallest absolute Gasteiger partial charge is 0.410 e. The molecule has 0 aliphatic heterocycles. The summed E-state index contributed by atoms with van der Waals surface area (Å²) < 4.78 is 6.11. The third-order valence-corrected chi connectivity index (χ3v) is 3.68. The normalized spacial score (nSPS) is 9.94. The zero-order chi connectivity index (χ0) is 12.1. The van der Waals surface area contributed by atoms with Gasteiger partial charge in [0, 0.05) is 14.7 Å². The van der Waals surface area contributed by atoms with E-state index in [2.05, 4.69) is 21.2 Å². The van der Waals surface area contributed by atoms with Crippen molar-refractivity contribution in [2.45, 2.75) is 6.54 Å². The minimum absolute atomic E-state index is 0.444. The summed E-state index contributed by atoms with van der Waals surface area (Å²) in [6.45, 7) is 0.474. The van der Waals surface area contributed by atoms with Crippen LogP contribution in [0.1, 0.15) is 4.88 Å². The molecule has 1 amide bonds. The number of hydrogen-bond acceptors (Lipinski definition) is 3. The van der Waals surface area contributed by atoms with Crippen molar-refractivity contribution in [1.29, 1.82) is 0 Å². The van der Waals surface area contributed by atoms with Crippen molar-refractivity contribution in [3.05, 3.63) is 51.1 Å². The van der Waals surface area contributed by atoms with Crippen LogP contribution in [0.3, 0.4) is 0 Å². The molecule has 2 rings (SSSR count). The maximum atomic E-state index is 11.5. The van der Waals surface area contributed by atoms with Crippen molar-refractivity contribution < 1.29 is 9.53 Å². The van der Waals surface area contributed by atoms with Gasteiger partial charge in [-0.3, -0.25) is 0 Å². The van der Waals surface area contributed by atoms with Crippen molar-refractivity contribution in [3.63, 3.8) is 0 Å². The lowest BCUT2D eigenvalue weighted by Gasteiger charge is -2.04. The molecule has 5 heteroatoms. The highest BCUT2D eigenvalue weighted by Crippen LogP contribution is 2.19. The van der Waals surface area contributed by atoms with Crippen LogP contribution < -0.4 is 10.1 Å². The molecule has 0 aliphatic carbocycles. The van der Waals surface area contributed by atoms with Crippen LogP contribution in [-0.2, 0) is 6.54 Å². The van der Waals surface area contributed by atoms with Crippen molar-refractivity contribution in [1.82, 2.24) is 5.32 Å². The highest BCUT2D eigenvalue weighted by atomic mass is 79.9. The third kappa shape index (κ3) is 3.87. The fourth-order valence-corrected chi connectivity index (χ4v) is 2.63. The number of carbonyl (C=O) groups is 1. The maximum Gasteiger partial charge on any atom is 0.412 e. The van der Waals surface area contributed by atoms with Gasteiger partial charge < -0.3 is 10.1 Å². The Kier molecular flexibility index (Phi) is 4.17. The number of thiophene rings is 1. The van der Waals surface area contributed by atoms with Crippen LogP contribution in [0, 0.1) is 0 Å². The van der Waals surface area contributed by atoms with E-state index in [9.17, 15) is 4.79 Å². The summed E-state index contributed by atoms with van der Waals surface area (Å²) in [5, 5.41) is 4.66. The number of hydrogen-bond donors (Lipinski definition) is 1. The molecule has 1 aromatic heterocycles. The van der Waals surface area contributed by atoms with Crippen molar-refractivity contribution in [2.24, 2.45) is 0 Å². The first-order valence-corrected chi connectivity index (χ1v) is 6.65. The summed E-state index contributed by atoms with van der Waals surface area (Å²) in [5.41, 5.74) is 0. The quantitative estimate of drug-likeness (QED) is 0.936. The monoisotopic (exact) mass is 311 g/mol. The third-order valence-electron chi connectivity index (χ3n) is 1.98. The lowest BCUT2D eigenvalue weighted by atomic mass is 10.3. The number of ether oxygens (including phenoxy) is 1. The zero-order valence-corrected chi connectivity index (χ0v) is 11.3. The number of nitrogens with one attached hydrogen (secondary N) is 1. The number of halogens is 1. The molecule has 0 bridgehead atoms. The summed E-state index contributed by atoms with van der Waals surface area (Å²) in [7, 11) is 0. The van der Waals surface area contributed by atoms with E-state index >= 15 is 0 Å². The molecule has 0 saturated carbocycles. The molecule has 0 aliphatic rings. The van der Waals surface area contributed by atoms with Gasteiger partial charge in [0.2, 0.25) is 0 Å². The molecule has 0 radical (unpaired) electrons. The zero-order valence-electron chi connectivity index (χ0n) is 8.85. The number of amides is 1. The van der Waals surface area contributed by atoms with Gasteiger partial charge in [-0.25, -0.2) is 4.79 Å². The van der Waals surface area contributed by atoms with E-state index < -0.39 is 6.09 Å². The second-order valence-electron chi connectivity index (χ2n) is 3.29. The van der Waals surface area contributed by atoms with E-state index in [0.717, 1.165) is 9.35 Å². The Balaban J connectivity index is 1.82. The lowest BCUT2D eigenvalue weighted by Crippen LogP contribution is -2.25. The van der Waals surface area contributed by atoms with E-state index in [1.807, 2.05) is 29.6 Å². The van der Waals surface area contributed by atoms with E-state index in [1.165, 1.54) is 0 Å². The molecule has 0 unspecified atom stereocenters. The second-order valence-corrected chi connectivity index (χ2v) is 5.20. The molecule has 1 aromatic carbocycles. The summed E-state index contributed by atoms with van der Waals surface area (Å²) in [6, 6.07) is 10.9. The molecular formula is C12H10BrNO2S. The summed E-state index contributed by atoms with van der Waals surface area (Å²) in [6.07, 6.45) is -0.444. The van der Waals surface area contributed by atoms with Crippen LogP contribution in [0.2, 0.25) is 0 Å². The van der Waals surface area contributed by atoms with Gasteiger partial charge in [0.25, 0.3) is 0 Å². The summed E-state index contributed by atoms with van der Waals surface area (Å²) >= 11 is 4.94. The van der Waals surface area contributed by atoms with Crippen LogP contribution >= 0.6 is 27.3 Å². The van der Waals surface area contributed by atoms with E-state index in [-0.39, 0.29) is 0 Å². The van der Waals surface area contributed by atoms with Crippen LogP contribution in [-0.4, -0.2) is 6.09 Å². The Hall–Kier alpha value is -1.33. The van der Waals surface area contributed by atoms with Gasteiger partial charge in [-0.05, 0) is 34.1 Å². The molecule has 2 aromatic rings. The van der Waals surface area contributed by atoms with Gasteiger partial charge in [-0.15, -0.1) is 11.3 Å². The molecular weight excluding hydrogens is 302 g/mol. The Morgan fingerprint density at radius 1 is 1.35 bits per heavy atom. The summed E-state index contributed by atoms with van der Waals surface area (Å²) in [5.74, 6) is 0.539. The minimum Gasteiger partial charge on any atom is -0.410 e. The topological polar surface area (TPSA) is 38.3 Å². The molecule has 0 atom stereocenters. The first-order chi connectivity index (χ1) is 8.24. The molecule has 17 heavy (non-hydrogen) atoms. The van der Waals surface area contributed by atoms with Crippen molar-refractivity contribution in [3.8, 4) is 5.75 Å². The summed E-state index contributed by atoms with van der Waals surface area (Å²) in [4.78, 5) is 12.5. The van der Waals surface area contributed by atoms with Gasteiger partial charge in [0.1, 0.15) is 5.75 Å². The lowest BCUT2D eigenvalue weighted by molar-refractivity contribution is 0.200. The largest absolute Gasteiger partial charge is 0.412 e. The fourth-order valence-electron chi connectivity index (χ4n) is 1.24. The first-order valence-electron chi connectivity index (χ1n) is 4.97. The van der Waals surface area contributed by atoms with Crippen molar-refractivity contribution in [2.75, 3.05) is 0 Å². The Bertz CT molecular complexity index is 498. The van der Waals surface area contributed by atoms with Crippen molar-refractivity contribution >= 4 is 33.4 Å². The average Bonchev–Trinajstić information content (AvgIpc) is 2.74. The van der Waals surface area contributed by atoms with Gasteiger partial charge in [0.15, 0.2) is 0 Å². The predicted octanol–water partition coefficient (Wildman–Crippen LogP) is 3.80.